The van der Waals surface area contributed by atoms with Crippen LogP contribution in [0.4, 0.5) is 5.82 Å². The minimum atomic E-state index is 0.622. The van der Waals surface area contributed by atoms with Gasteiger partial charge in [0.2, 0.25) is 0 Å². The number of halogens is 1. The molecule has 86 valence electrons. The van der Waals surface area contributed by atoms with Crippen molar-refractivity contribution in [3.05, 3.63) is 58.2 Å². The molecule has 0 atom stereocenters. The number of nitrogens with zero attached hydrogens (tertiary/aromatic N) is 1. The third kappa shape index (κ3) is 3.39. The summed E-state index contributed by atoms with van der Waals surface area (Å²) in [4.78, 5) is 14.8. The molecule has 1 N–H and O–H groups in total. The molecular formula is C13H11BrN2O. The van der Waals surface area contributed by atoms with E-state index in [0.29, 0.717) is 17.9 Å². The standard InChI is InChI=1S/C13H11BrN2O/c14-12-3-1-2-10(6-12)8-16-13-7-11(9-17)4-5-15-13/h1-7,9H,8H2,(H,15,16). The number of aldehydes is 1. The molecule has 0 unspecified atom stereocenters. The summed E-state index contributed by atoms with van der Waals surface area (Å²) in [5.74, 6) is 0.703. The average molecular weight is 291 g/mol. The van der Waals surface area contributed by atoms with E-state index in [1.54, 1.807) is 18.3 Å². The quantitative estimate of drug-likeness (QED) is 0.879. The molecule has 1 aromatic heterocycles. The second-order valence-electron chi connectivity index (χ2n) is 3.58. The van der Waals surface area contributed by atoms with Crippen LogP contribution in [0.15, 0.2) is 47.1 Å². The smallest absolute Gasteiger partial charge is 0.150 e. The van der Waals surface area contributed by atoms with Crippen LogP contribution in [0.1, 0.15) is 15.9 Å². The van der Waals surface area contributed by atoms with Gasteiger partial charge in [-0.1, -0.05) is 28.1 Å². The van der Waals surface area contributed by atoms with Gasteiger partial charge in [0.15, 0.2) is 0 Å². The van der Waals surface area contributed by atoms with Gasteiger partial charge in [0.25, 0.3) is 0 Å². The fourth-order valence-corrected chi connectivity index (χ4v) is 1.90. The van der Waals surface area contributed by atoms with Gasteiger partial charge in [-0.15, -0.1) is 0 Å². The molecule has 0 bridgehead atoms. The molecule has 0 saturated carbocycles. The van der Waals surface area contributed by atoms with E-state index < -0.39 is 0 Å². The lowest BCUT2D eigenvalue weighted by atomic mass is 10.2. The van der Waals surface area contributed by atoms with E-state index in [1.165, 1.54) is 0 Å². The second kappa shape index (κ2) is 5.59. The molecule has 1 heterocycles. The highest BCUT2D eigenvalue weighted by Gasteiger charge is 1.97. The number of benzene rings is 1. The van der Waals surface area contributed by atoms with Crippen molar-refractivity contribution in [3.63, 3.8) is 0 Å². The van der Waals surface area contributed by atoms with Crippen LogP contribution in [-0.2, 0) is 6.54 Å². The number of anilines is 1. The zero-order valence-electron chi connectivity index (χ0n) is 9.06. The van der Waals surface area contributed by atoms with E-state index in [0.717, 1.165) is 16.3 Å². The van der Waals surface area contributed by atoms with Gasteiger partial charge < -0.3 is 5.32 Å². The maximum atomic E-state index is 10.6. The summed E-state index contributed by atoms with van der Waals surface area (Å²) in [6.07, 6.45) is 2.43. The minimum Gasteiger partial charge on any atom is -0.366 e. The SMILES string of the molecule is O=Cc1ccnc(NCc2cccc(Br)c2)c1. The highest BCUT2D eigenvalue weighted by molar-refractivity contribution is 9.10. The topological polar surface area (TPSA) is 42.0 Å². The Morgan fingerprint density at radius 1 is 1.29 bits per heavy atom. The van der Waals surface area contributed by atoms with Crippen LogP contribution < -0.4 is 5.32 Å². The average Bonchev–Trinajstić information content (AvgIpc) is 2.37. The normalized spacial score (nSPS) is 9.94. The van der Waals surface area contributed by atoms with Crippen LogP contribution in [0, 0.1) is 0 Å². The zero-order chi connectivity index (χ0) is 12.1. The first-order valence-electron chi connectivity index (χ1n) is 5.17. The Kier molecular flexibility index (Phi) is 3.88. The molecule has 1 aromatic carbocycles. The van der Waals surface area contributed by atoms with Crippen LogP contribution >= 0.6 is 15.9 Å². The van der Waals surface area contributed by atoms with Crippen LogP contribution in [0.5, 0.6) is 0 Å². The molecule has 0 fully saturated rings. The fourth-order valence-electron chi connectivity index (χ4n) is 1.46. The Hall–Kier alpha value is -1.68. The first-order valence-corrected chi connectivity index (χ1v) is 5.97. The number of carbonyl (C=O) groups excluding carboxylic acids is 1. The van der Waals surface area contributed by atoms with Gasteiger partial charge in [-0.3, -0.25) is 4.79 Å². The van der Waals surface area contributed by atoms with E-state index in [1.807, 2.05) is 24.3 Å². The van der Waals surface area contributed by atoms with E-state index in [-0.39, 0.29) is 0 Å². The van der Waals surface area contributed by atoms with Gasteiger partial charge in [0.05, 0.1) is 0 Å². The van der Waals surface area contributed by atoms with Crippen molar-refractivity contribution < 1.29 is 4.79 Å². The summed E-state index contributed by atoms with van der Waals surface area (Å²) in [6.45, 7) is 0.675. The minimum absolute atomic E-state index is 0.622. The number of hydrogen-bond donors (Lipinski definition) is 1. The number of aromatic nitrogens is 1. The van der Waals surface area contributed by atoms with Crippen molar-refractivity contribution in [2.75, 3.05) is 5.32 Å². The molecule has 17 heavy (non-hydrogen) atoms. The largest absolute Gasteiger partial charge is 0.366 e. The highest BCUT2D eigenvalue weighted by atomic mass is 79.9. The first kappa shape index (κ1) is 11.8. The second-order valence-corrected chi connectivity index (χ2v) is 4.49. The lowest BCUT2D eigenvalue weighted by molar-refractivity contribution is 0.112. The van der Waals surface area contributed by atoms with Crippen LogP contribution in [-0.4, -0.2) is 11.3 Å². The molecule has 0 aliphatic rings. The number of carbonyl (C=O) groups is 1. The zero-order valence-corrected chi connectivity index (χ0v) is 10.6. The Morgan fingerprint density at radius 3 is 2.94 bits per heavy atom. The van der Waals surface area contributed by atoms with Gasteiger partial charge in [-0.25, -0.2) is 4.98 Å². The maximum absolute atomic E-state index is 10.6. The third-order valence-electron chi connectivity index (χ3n) is 2.28. The lowest BCUT2D eigenvalue weighted by Crippen LogP contribution is -2.01. The lowest BCUT2D eigenvalue weighted by Gasteiger charge is -2.06. The van der Waals surface area contributed by atoms with Crippen LogP contribution in [0.2, 0.25) is 0 Å². The Morgan fingerprint density at radius 2 is 2.18 bits per heavy atom. The van der Waals surface area contributed by atoms with Gasteiger partial charge in [0.1, 0.15) is 12.1 Å². The molecule has 0 saturated heterocycles. The molecule has 0 aliphatic heterocycles. The predicted octanol–water partition coefficient (Wildman–Crippen LogP) is 3.27. The monoisotopic (exact) mass is 290 g/mol. The van der Waals surface area contributed by atoms with E-state index in [2.05, 4.69) is 26.2 Å². The number of rotatable bonds is 4. The van der Waals surface area contributed by atoms with Crippen molar-refractivity contribution in [1.29, 1.82) is 0 Å². The summed E-state index contributed by atoms with van der Waals surface area (Å²) in [5, 5.41) is 3.17. The Labute approximate surface area is 108 Å². The van der Waals surface area contributed by atoms with Crippen molar-refractivity contribution in [2.45, 2.75) is 6.54 Å². The molecule has 3 nitrogen and oxygen atoms in total. The van der Waals surface area contributed by atoms with E-state index in [9.17, 15) is 4.79 Å². The van der Waals surface area contributed by atoms with Gasteiger partial charge >= 0.3 is 0 Å². The van der Waals surface area contributed by atoms with Crippen molar-refractivity contribution >= 4 is 28.0 Å². The molecule has 2 rings (SSSR count). The van der Waals surface area contributed by atoms with E-state index in [4.69, 9.17) is 0 Å². The van der Waals surface area contributed by atoms with Crippen LogP contribution in [0.25, 0.3) is 0 Å². The molecular weight excluding hydrogens is 280 g/mol. The van der Waals surface area contributed by atoms with E-state index >= 15 is 0 Å². The molecule has 2 aromatic rings. The van der Waals surface area contributed by atoms with Crippen LogP contribution in [0.3, 0.4) is 0 Å². The van der Waals surface area contributed by atoms with Gasteiger partial charge in [-0.05, 0) is 29.8 Å². The van der Waals surface area contributed by atoms with Crippen molar-refractivity contribution in [3.8, 4) is 0 Å². The molecule has 4 heteroatoms. The summed E-state index contributed by atoms with van der Waals surface area (Å²) in [7, 11) is 0. The summed E-state index contributed by atoms with van der Waals surface area (Å²) >= 11 is 3.42. The molecule has 0 aliphatic carbocycles. The highest BCUT2D eigenvalue weighted by Crippen LogP contribution is 2.13. The molecule has 0 radical (unpaired) electrons. The predicted molar refractivity (Wildman–Crippen MR) is 71.1 cm³/mol. The van der Waals surface area contributed by atoms with Crippen molar-refractivity contribution in [2.24, 2.45) is 0 Å². The summed E-state index contributed by atoms with van der Waals surface area (Å²) in [5.41, 5.74) is 1.77. The Bertz CT molecular complexity index is 528. The fraction of sp³-hybridized carbons (Fsp3) is 0.0769. The van der Waals surface area contributed by atoms with Gasteiger partial charge in [-0.2, -0.15) is 0 Å². The number of hydrogen-bond acceptors (Lipinski definition) is 3. The molecule has 0 spiro atoms. The summed E-state index contributed by atoms with van der Waals surface area (Å²) in [6, 6.07) is 11.4. The maximum Gasteiger partial charge on any atom is 0.150 e. The van der Waals surface area contributed by atoms with Crippen molar-refractivity contribution in [1.82, 2.24) is 4.98 Å². The first-order chi connectivity index (χ1) is 8.28. The van der Waals surface area contributed by atoms with Gasteiger partial charge in [0, 0.05) is 22.8 Å². The number of pyridine rings is 1. The number of nitrogens with one attached hydrogen (secondary N) is 1. The molecule has 0 amide bonds. The third-order valence-corrected chi connectivity index (χ3v) is 2.78. The summed E-state index contributed by atoms with van der Waals surface area (Å²) < 4.78 is 1.05. The Balaban J connectivity index is 2.04.